The van der Waals surface area contributed by atoms with Gasteiger partial charge in [-0.3, -0.25) is 25.2 Å². The van der Waals surface area contributed by atoms with Gasteiger partial charge in [0.2, 0.25) is 11.8 Å². The average molecular weight is 393 g/mol. The smallest absolute Gasteiger partial charge is 0.276 e. The molecular weight excluding hydrogens is 370 g/mol. The normalized spacial score (nSPS) is 14.7. The lowest BCUT2D eigenvalue weighted by Gasteiger charge is -2.32. The van der Waals surface area contributed by atoms with Crippen LogP contribution in [-0.2, 0) is 14.4 Å². The zero-order chi connectivity index (χ0) is 20.8. The van der Waals surface area contributed by atoms with Crippen molar-refractivity contribution in [2.75, 3.05) is 6.61 Å². The van der Waals surface area contributed by atoms with Crippen LogP contribution in [-0.4, -0.2) is 29.2 Å². The number of amides is 3. The molecule has 0 saturated carbocycles. The Morgan fingerprint density at radius 1 is 1.00 bits per heavy atom. The van der Waals surface area contributed by atoms with Gasteiger partial charge in [-0.2, -0.15) is 0 Å². The Balaban J connectivity index is 1.55. The first kappa shape index (κ1) is 20.1. The third kappa shape index (κ3) is 5.01. The highest BCUT2D eigenvalue weighted by Crippen LogP contribution is 2.32. The maximum absolute atomic E-state index is 12.4. The SMILES string of the molecule is CC(=O)N1C=Cc2ccccc2[C@H]1CC(=O)NNC(=O)COc1ccccc1C. The summed E-state index contributed by atoms with van der Waals surface area (Å²) in [5.74, 6) is -0.439. The largest absolute Gasteiger partial charge is 0.483 e. The number of rotatable bonds is 5. The molecule has 1 atom stereocenters. The molecule has 0 bridgehead atoms. The number of nitrogens with one attached hydrogen (secondary N) is 2. The molecule has 3 rings (SSSR count). The van der Waals surface area contributed by atoms with E-state index in [0.29, 0.717) is 5.75 Å². The first-order valence-electron chi connectivity index (χ1n) is 9.28. The van der Waals surface area contributed by atoms with Crippen LogP contribution in [0.3, 0.4) is 0 Å². The molecule has 1 aliphatic rings. The topological polar surface area (TPSA) is 87.7 Å². The van der Waals surface area contributed by atoms with Crippen molar-refractivity contribution in [3.05, 3.63) is 71.4 Å². The molecule has 2 aromatic carbocycles. The second-order valence-electron chi connectivity index (χ2n) is 6.74. The predicted molar refractivity (Wildman–Crippen MR) is 108 cm³/mol. The zero-order valence-electron chi connectivity index (χ0n) is 16.3. The van der Waals surface area contributed by atoms with Gasteiger partial charge in [0, 0.05) is 13.1 Å². The first-order valence-corrected chi connectivity index (χ1v) is 9.28. The van der Waals surface area contributed by atoms with Crippen molar-refractivity contribution in [3.63, 3.8) is 0 Å². The summed E-state index contributed by atoms with van der Waals surface area (Å²) in [6.07, 6.45) is 3.53. The highest BCUT2D eigenvalue weighted by molar-refractivity contribution is 5.84. The summed E-state index contributed by atoms with van der Waals surface area (Å²) in [5, 5.41) is 0. The van der Waals surface area contributed by atoms with E-state index in [2.05, 4.69) is 10.9 Å². The molecule has 0 saturated heterocycles. The van der Waals surface area contributed by atoms with Gasteiger partial charge in [-0.25, -0.2) is 0 Å². The van der Waals surface area contributed by atoms with Crippen LogP contribution in [0, 0.1) is 6.92 Å². The summed E-state index contributed by atoms with van der Waals surface area (Å²) in [6.45, 7) is 3.11. The number of hydrogen-bond acceptors (Lipinski definition) is 4. The number of hydrogen-bond donors (Lipinski definition) is 2. The highest BCUT2D eigenvalue weighted by atomic mass is 16.5. The molecule has 7 nitrogen and oxygen atoms in total. The zero-order valence-corrected chi connectivity index (χ0v) is 16.3. The Bertz CT molecular complexity index is 955. The van der Waals surface area contributed by atoms with Gasteiger partial charge >= 0.3 is 0 Å². The Hall–Kier alpha value is -3.61. The summed E-state index contributed by atoms with van der Waals surface area (Å²) < 4.78 is 5.45. The van der Waals surface area contributed by atoms with Gasteiger partial charge in [-0.05, 0) is 35.8 Å². The molecule has 0 fully saturated rings. The molecule has 1 heterocycles. The molecular formula is C22H23N3O4. The molecule has 2 aromatic rings. The second-order valence-corrected chi connectivity index (χ2v) is 6.74. The van der Waals surface area contributed by atoms with Crippen molar-refractivity contribution in [3.8, 4) is 5.75 Å². The lowest BCUT2D eigenvalue weighted by molar-refractivity contribution is -0.132. The lowest BCUT2D eigenvalue weighted by atomic mass is 9.93. The van der Waals surface area contributed by atoms with Crippen LogP contribution in [0.15, 0.2) is 54.7 Å². The predicted octanol–water partition coefficient (Wildman–Crippen LogP) is 2.49. The minimum atomic E-state index is -0.478. The number of fused-ring (bicyclic) bond motifs is 1. The molecule has 29 heavy (non-hydrogen) atoms. The van der Waals surface area contributed by atoms with Crippen molar-refractivity contribution in [2.24, 2.45) is 0 Å². The summed E-state index contributed by atoms with van der Waals surface area (Å²) in [6, 6.07) is 14.5. The molecule has 0 aliphatic carbocycles. The summed E-state index contributed by atoms with van der Waals surface area (Å²) in [5.41, 5.74) is 7.49. The van der Waals surface area contributed by atoms with E-state index in [0.717, 1.165) is 16.7 Å². The number of para-hydroxylation sites is 1. The molecule has 0 aromatic heterocycles. The van der Waals surface area contributed by atoms with Crippen molar-refractivity contribution >= 4 is 23.8 Å². The van der Waals surface area contributed by atoms with Gasteiger partial charge in [0.25, 0.3) is 5.91 Å². The van der Waals surface area contributed by atoms with Gasteiger partial charge in [-0.1, -0.05) is 42.5 Å². The van der Waals surface area contributed by atoms with Crippen molar-refractivity contribution < 1.29 is 19.1 Å². The number of hydrazine groups is 1. The monoisotopic (exact) mass is 393 g/mol. The van der Waals surface area contributed by atoms with Gasteiger partial charge in [-0.15, -0.1) is 0 Å². The maximum Gasteiger partial charge on any atom is 0.276 e. The van der Waals surface area contributed by atoms with Crippen LogP contribution in [0.5, 0.6) is 5.75 Å². The molecule has 3 amide bonds. The molecule has 1 aliphatic heterocycles. The van der Waals surface area contributed by atoms with Crippen LogP contribution < -0.4 is 15.6 Å². The minimum absolute atomic E-state index is 0.0138. The fourth-order valence-corrected chi connectivity index (χ4v) is 3.18. The van der Waals surface area contributed by atoms with Crippen LogP contribution >= 0.6 is 0 Å². The van der Waals surface area contributed by atoms with Gasteiger partial charge in [0.15, 0.2) is 6.61 Å². The van der Waals surface area contributed by atoms with Crippen LogP contribution in [0.2, 0.25) is 0 Å². The van der Waals surface area contributed by atoms with E-state index < -0.39 is 17.9 Å². The van der Waals surface area contributed by atoms with E-state index in [1.54, 1.807) is 12.3 Å². The standard InChI is InChI=1S/C22H23N3O4/c1-15-7-3-6-10-20(15)29-14-22(28)24-23-21(27)13-19-18-9-5-4-8-17(18)11-12-25(19)16(2)26/h3-12,19H,13-14H2,1-2H3,(H,23,27)(H,24,28)/t19-/m1/s1. The fraction of sp³-hybridized carbons (Fsp3) is 0.227. The number of benzene rings is 2. The van der Waals surface area contributed by atoms with Crippen molar-refractivity contribution in [1.82, 2.24) is 15.8 Å². The van der Waals surface area contributed by atoms with Gasteiger partial charge in [0.05, 0.1) is 12.5 Å². The molecule has 150 valence electrons. The Morgan fingerprint density at radius 3 is 2.45 bits per heavy atom. The summed E-state index contributed by atoms with van der Waals surface area (Å²) >= 11 is 0. The number of aryl methyl sites for hydroxylation is 1. The second kappa shape index (κ2) is 9.05. The van der Waals surface area contributed by atoms with E-state index in [9.17, 15) is 14.4 Å². The van der Waals surface area contributed by atoms with Crippen molar-refractivity contribution in [2.45, 2.75) is 26.3 Å². The molecule has 0 unspecified atom stereocenters. The Kier molecular flexibility index (Phi) is 6.29. The number of nitrogens with zero attached hydrogens (tertiary/aromatic N) is 1. The van der Waals surface area contributed by atoms with E-state index in [1.165, 1.54) is 11.8 Å². The third-order valence-corrected chi connectivity index (χ3v) is 4.64. The number of carbonyl (C=O) groups excluding carboxylic acids is 3. The third-order valence-electron chi connectivity index (χ3n) is 4.64. The van der Waals surface area contributed by atoms with Gasteiger partial charge < -0.3 is 9.64 Å². The Morgan fingerprint density at radius 2 is 1.69 bits per heavy atom. The van der Waals surface area contributed by atoms with Crippen molar-refractivity contribution in [1.29, 1.82) is 0 Å². The summed E-state index contributed by atoms with van der Waals surface area (Å²) in [4.78, 5) is 37.9. The van der Waals surface area contributed by atoms with Crippen LogP contribution in [0.4, 0.5) is 0 Å². The van der Waals surface area contributed by atoms with E-state index >= 15 is 0 Å². The number of ether oxygens (including phenoxy) is 1. The molecule has 0 spiro atoms. The highest BCUT2D eigenvalue weighted by Gasteiger charge is 2.28. The molecule has 7 heteroatoms. The van der Waals surface area contributed by atoms with E-state index in [-0.39, 0.29) is 18.9 Å². The van der Waals surface area contributed by atoms with Crippen LogP contribution in [0.1, 0.15) is 36.1 Å². The molecule has 0 radical (unpaired) electrons. The fourth-order valence-electron chi connectivity index (χ4n) is 3.18. The van der Waals surface area contributed by atoms with Crippen LogP contribution in [0.25, 0.3) is 6.08 Å². The lowest BCUT2D eigenvalue weighted by Crippen LogP contribution is -2.45. The maximum atomic E-state index is 12.4. The van der Waals surface area contributed by atoms with E-state index in [4.69, 9.17) is 4.74 Å². The Labute approximate surface area is 169 Å². The van der Waals surface area contributed by atoms with Gasteiger partial charge in [0.1, 0.15) is 5.75 Å². The van der Waals surface area contributed by atoms with E-state index in [1.807, 2.05) is 55.5 Å². The first-order chi connectivity index (χ1) is 14.0. The average Bonchev–Trinajstić information content (AvgIpc) is 2.71. The minimum Gasteiger partial charge on any atom is -0.483 e. The number of carbonyl (C=O) groups is 3. The summed E-state index contributed by atoms with van der Waals surface area (Å²) in [7, 11) is 0. The quantitative estimate of drug-likeness (QED) is 0.764. The molecule has 2 N–H and O–H groups in total.